The number of para-hydroxylation sites is 2. The van der Waals surface area contributed by atoms with Crippen LogP contribution in [0.15, 0.2) is 53.6 Å². The number of aromatic nitrogens is 2. The quantitative estimate of drug-likeness (QED) is 0.724. The van der Waals surface area contributed by atoms with Gasteiger partial charge in [-0.3, -0.25) is 14.2 Å². The van der Waals surface area contributed by atoms with Gasteiger partial charge in [-0.25, -0.2) is 4.98 Å². The van der Waals surface area contributed by atoms with Crippen molar-refractivity contribution >= 4 is 22.5 Å². The van der Waals surface area contributed by atoms with Crippen molar-refractivity contribution in [2.24, 2.45) is 0 Å². The number of rotatable bonds is 2. The molecule has 0 spiro atoms. The fraction of sp³-hybridized carbons (Fsp3) is 0.250. The molecule has 0 saturated carbocycles. The van der Waals surface area contributed by atoms with Crippen LogP contribution in [0.25, 0.3) is 10.9 Å². The predicted octanol–water partition coefficient (Wildman–Crippen LogP) is 2.68. The summed E-state index contributed by atoms with van der Waals surface area (Å²) in [5.74, 6) is -0.0805. The van der Waals surface area contributed by atoms with E-state index in [0.29, 0.717) is 17.4 Å². The molecule has 3 aromatic rings. The maximum absolute atomic E-state index is 12.8. The van der Waals surface area contributed by atoms with Crippen molar-refractivity contribution in [3.8, 4) is 0 Å². The summed E-state index contributed by atoms with van der Waals surface area (Å²) < 4.78 is 1.40. The summed E-state index contributed by atoms with van der Waals surface area (Å²) >= 11 is 0. The van der Waals surface area contributed by atoms with Gasteiger partial charge in [0.2, 0.25) is 5.91 Å². The number of benzene rings is 2. The van der Waals surface area contributed by atoms with Crippen LogP contribution in [-0.2, 0) is 17.8 Å². The number of carbonyl (C=O) groups is 1. The highest BCUT2D eigenvalue weighted by Gasteiger charge is 2.22. The molecule has 0 unspecified atom stereocenters. The van der Waals surface area contributed by atoms with Crippen LogP contribution < -0.4 is 10.5 Å². The summed E-state index contributed by atoms with van der Waals surface area (Å²) in [6.45, 7) is 2.61. The molecule has 1 aliphatic rings. The molecule has 5 heteroatoms. The first-order chi connectivity index (χ1) is 12.1. The number of hydrogen-bond donors (Lipinski definition) is 0. The number of fused-ring (bicyclic) bond motifs is 2. The summed E-state index contributed by atoms with van der Waals surface area (Å²) in [5.41, 5.74) is 3.61. The fourth-order valence-electron chi connectivity index (χ4n) is 3.47. The Kier molecular flexibility index (Phi) is 3.84. The largest absolute Gasteiger partial charge is 0.311 e. The lowest BCUT2D eigenvalue weighted by atomic mass is 10.0. The van der Waals surface area contributed by atoms with Crippen molar-refractivity contribution in [1.82, 2.24) is 9.55 Å². The molecular formula is C20H19N3O2. The van der Waals surface area contributed by atoms with Gasteiger partial charge in [0.05, 0.1) is 17.2 Å². The van der Waals surface area contributed by atoms with Gasteiger partial charge in [0.25, 0.3) is 5.56 Å². The summed E-state index contributed by atoms with van der Waals surface area (Å²) in [6, 6.07) is 13.5. The molecule has 5 nitrogen and oxygen atoms in total. The normalized spacial score (nSPS) is 13.7. The second kappa shape index (κ2) is 6.16. The number of aryl methyl sites for hydroxylation is 2. The van der Waals surface area contributed by atoms with Gasteiger partial charge in [0.15, 0.2) is 0 Å². The molecule has 1 aliphatic heterocycles. The Morgan fingerprint density at radius 1 is 1.16 bits per heavy atom. The number of anilines is 1. The molecule has 2 aromatic carbocycles. The Hall–Kier alpha value is -2.95. The third-order valence-corrected chi connectivity index (χ3v) is 4.77. The maximum atomic E-state index is 12.8. The van der Waals surface area contributed by atoms with E-state index in [2.05, 4.69) is 11.1 Å². The minimum absolute atomic E-state index is 0.00402. The Bertz CT molecular complexity index is 1020. The SMILES string of the molecule is Cc1cccc2c(=O)n(CC(=O)N3CCCc4ccccc43)cnc12. The first-order valence-electron chi connectivity index (χ1n) is 8.48. The molecule has 0 radical (unpaired) electrons. The molecule has 4 rings (SSSR count). The Morgan fingerprint density at radius 3 is 2.88 bits per heavy atom. The summed E-state index contributed by atoms with van der Waals surface area (Å²) in [6.07, 6.45) is 3.40. The standard InChI is InChI=1S/C20H19N3O2/c1-14-6-4-9-16-19(14)21-13-22(20(16)25)12-18(24)23-11-5-8-15-7-2-3-10-17(15)23/h2-4,6-7,9-10,13H,5,8,11-12H2,1H3. The molecule has 0 N–H and O–H groups in total. The molecular weight excluding hydrogens is 314 g/mol. The van der Waals surface area contributed by atoms with Crippen LogP contribution in [-0.4, -0.2) is 22.0 Å². The van der Waals surface area contributed by atoms with E-state index in [9.17, 15) is 9.59 Å². The minimum Gasteiger partial charge on any atom is -0.311 e. The van der Waals surface area contributed by atoms with Crippen LogP contribution in [0.1, 0.15) is 17.5 Å². The molecule has 1 aromatic heterocycles. The van der Waals surface area contributed by atoms with E-state index in [1.54, 1.807) is 11.0 Å². The zero-order valence-corrected chi connectivity index (χ0v) is 14.1. The zero-order chi connectivity index (χ0) is 17.4. The molecule has 25 heavy (non-hydrogen) atoms. The zero-order valence-electron chi connectivity index (χ0n) is 14.1. The van der Waals surface area contributed by atoms with Gasteiger partial charge < -0.3 is 4.90 Å². The lowest BCUT2D eigenvalue weighted by Crippen LogP contribution is -2.39. The first kappa shape index (κ1) is 15.6. The Labute approximate surface area is 145 Å². The monoisotopic (exact) mass is 333 g/mol. The van der Waals surface area contributed by atoms with Crippen molar-refractivity contribution in [1.29, 1.82) is 0 Å². The van der Waals surface area contributed by atoms with Crippen molar-refractivity contribution in [3.63, 3.8) is 0 Å². The number of amides is 1. The Morgan fingerprint density at radius 2 is 2.00 bits per heavy atom. The highest BCUT2D eigenvalue weighted by Crippen LogP contribution is 2.26. The first-order valence-corrected chi connectivity index (χ1v) is 8.48. The third kappa shape index (κ3) is 2.71. The van der Waals surface area contributed by atoms with Crippen LogP contribution in [0.3, 0.4) is 0 Å². The molecule has 0 aliphatic carbocycles. The lowest BCUT2D eigenvalue weighted by molar-refractivity contribution is -0.119. The van der Waals surface area contributed by atoms with Gasteiger partial charge in [-0.05, 0) is 43.0 Å². The molecule has 1 amide bonds. The second-order valence-corrected chi connectivity index (χ2v) is 6.43. The van der Waals surface area contributed by atoms with E-state index in [4.69, 9.17) is 0 Å². The summed E-state index contributed by atoms with van der Waals surface area (Å²) in [4.78, 5) is 31.7. The van der Waals surface area contributed by atoms with E-state index in [0.717, 1.165) is 24.1 Å². The van der Waals surface area contributed by atoms with E-state index in [1.807, 2.05) is 37.3 Å². The average molecular weight is 333 g/mol. The van der Waals surface area contributed by atoms with E-state index >= 15 is 0 Å². The van der Waals surface area contributed by atoms with E-state index in [-0.39, 0.29) is 18.0 Å². The molecule has 2 heterocycles. The predicted molar refractivity (Wildman–Crippen MR) is 97.9 cm³/mol. The van der Waals surface area contributed by atoms with Gasteiger partial charge in [0, 0.05) is 12.2 Å². The minimum atomic E-state index is -0.174. The molecule has 0 bridgehead atoms. The van der Waals surface area contributed by atoms with Crippen molar-refractivity contribution < 1.29 is 4.79 Å². The number of carbonyl (C=O) groups excluding carboxylic acids is 1. The average Bonchev–Trinajstić information content (AvgIpc) is 2.64. The van der Waals surface area contributed by atoms with Gasteiger partial charge in [-0.15, -0.1) is 0 Å². The van der Waals surface area contributed by atoms with Crippen LogP contribution >= 0.6 is 0 Å². The fourth-order valence-corrected chi connectivity index (χ4v) is 3.47. The van der Waals surface area contributed by atoms with Crippen LogP contribution in [0.2, 0.25) is 0 Å². The summed E-state index contributed by atoms with van der Waals surface area (Å²) in [7, 11) is 0. The van der Waals surface area contributed by atoms with E-state index in [1.165, 1.54) is 16.5 Å². The second-order valence-electron chi connectivity index (χ2n) is 6.43. The van der Waals surface area contributed by atoms with Crippen molar-refractivity contribution in [3.05, 3.63) is 70.3 Å². The lowest BCUT2D eigenvalue weighted by Gasteiger charge is -2.29. The molecule has 0 fully saturated rings. The third-order valence-electron chi connectivity index (χ3n) is 4.77. The van der Waals surface area contributed by atoms with Crippen LogP contribution in [0.5, 0.6) is 0 Å². The van der Waals surface area contributed by atoms with Gasteiger partial charge in [0.1, 0.15) is 6.54 Å². The smallest absolute Gasteiger partial charge is 0.261 e. The van der Waals surface area contributed by atoms with Crippen molar-refractivity contribution in [2.75, 3.05) is 11.4 Å². The van der Waals surface area contributed by atoms with E-state index < -0.39 is 0 Å². The van der Waals surface area contributed by atoms with Crippen molar-refractivity contribution in [2.45, 2.75) is 26.3 Å². The molecule has 0 saturated heterocycles. The topological polar surface area (TPSA) is 55.2 Å². The molecule has 0 atom stereocenters. The highest BCUT2D eigenvalue weighted by atomic mass is 16.2. The van der Waals surface area contributed by atoms with Crippen LogP contribution in [0.4, 0.5) is 5.69 Å². The number of hydrogen-bond acceptors (Lipinski definition) is 3. The Balaban J connectivity index is 1.67. The van der Waals surface area contributed by atoms with Gasteiger partial charge >= 0.3 is 0 Å². The number of nitrogens with zero attached hydrogens (tertiary/aromatic N) is 3. The maximum Gasteiger partial charge on any atom is 0.261 e. The van der Waals surface area contributed by atoms with Gasteiger partial charge in [-0.2, -0.15) is 0 Å². The highest BCUT2D eigenvalue weighted by molar-refractivity contribution is 5.94. The van der Waals surface area contributed by atoms with Gasteiger partial charge in [-0.1, -0.05) is 30.3 Å². The molecule has 126 valence electrons. The van der Waals surface area contributed by atoms with Crippen LogP contribution in [0, 0.1) is 6.92 Å². The summed E-state index contributed by atoms with van der Waals surface area (Å²) in [5, 5.41) is 0.550.